The van der Waals surface area contributed by atoms with E-state index in [-0.39, 0.29) is 56.1 Å². The predicted octanol–water partition coefficient (Wildman–Crippen LogP) is 5.09. The lowest BCUT2D eigenvalue weighted by Gasteiger charge is -2.43. The zero-order valence-electron chi connectivity index (χ0n) is 39.4. The van der Waals surface area contributed by atoms with Crippen molar-refractivity contribution in [3.8, 4) is 28.1 Å². The van der Waals surface area contributed by atoms with Crippen LogP contribution >= 0.6 is 0 Å². The molecule has 2 aromatic carbocycles. The molecule has 65 heavy (non-hydrogen) atoms. The number of hydrogen-bond donors (Lipinski definition) is 5. The average molecular weight is 894 g/mol. The smallest absolute Gasteiger partial charge is 0.259 e. The minimum absolute atomic E-state index is 0.00835. The molecule has 3 aliphatic rings. The number of β-amino-alcohol motifs (C(OH)–C–C–N with tert-alkyl or cyclic N) is 1. The molecule has 2 aromatic heterocycles. The van der Waals surface area contributed by atoms with Crippen LogP contribution in [0.2, 0.25) is 0 Å². The molecule has 7 rings (SSSR count). The summed E-state index contributed by atoms with van der Waals surface area (Å²) in [7, 11) is 3.18. The first kappa shape index (κ1) is 47.8. The van der Waals surface area contributed by atoms with Crippen LogP contribution in [0.25, 0.3) is 33.3 Å². The molecule has 2 saturated heterocycles. The summed E-state index contributed by atoms with van der Waals surface area (Å²) in [5.74, 6) is -2.22. The van der Waals surface area contributed by atoms with Crippen molar-refractivity contribution < 1.29 is 38.9 Å². The van der Waals surface area contributed by atoms with Gasteiger partial charge in [0.15, 0.2) is 11.4 Å². The number of ether oxygens (including phenoxy) is 2. The standard InChI is InChI=1S/C50H67N7O8/c1-10-56-41-15-14-34-25-38(41)39(44(56)37-13-11-18-52-42(37)31(4)64-9)26-48(6,7)28-65-29-49(32(5)58)16-12-20-57(54-49)46(61)40(23-33-21-35(34)24-36(59)22-33)53-45(60)43(30(2)3)55(8)47(62)50(63)17-19-51-27-50/h11,13-15,18,21-22,24-25,30-31,40,43,51,54,59,63H,10,12,16-17,19-20,23,26-29H2,1-9H3,(H,53,60)/t31-,40-,43-,49-,50?/m0/s1. The van der Waals surface area contributed by atoms with Crippen LogP contribution in [0.1, 0.15) is 90.7 Å². The fraction of sp³-hybridized carbons (Fsp3) is 0.540. The van der Waals surface area contributed by atoms with Crippen LogP contribution in [0, 0.1) is 11.3 Å². The first-order chi connectivity index (χ1) is 30.8. The number of methoxy groups -OCH3 is 1. The summed E-state index contributed by atoms with van der Waals surface area (Å²) < 4.78 is 14.7. The number of nitrogens with zero attached hydrogens (tertiary/aromatic N) is 4. The molecule has 0 saturated carbocycles. The van der Waals surface area contributed by atoms with E-state index in [0.29, 0.717) is 50.1 Å². The van der Waals surface area contributed by atoms with Crippen LogP contribution in [0.3, 0.4) is 0 Å². The number of phenols is 1. The monoisotopic (exact) mass is 894 g/mol. The van der Waals surface area contributed by atoms with Gasteiger partial charge in [0.1, 0.15) is 23.4 Å². The molecule has 4 aromatic rings. The lowest BCUT2D eigenvalue weighted by molar-refractivity contribution is -0.155. The summed E-state index contributed by atoms with van der Waals surface area (Å²) in [6.07, 6.45) is 3.23. The van der Waals surface area contributed by atoms with Crippen LogP contribution in [0.4, 0.5) is 0 Å². The molecule has 5 N–H and O–H groups in total. The number of fused-ring (bicyclic) bond motifs is 6. The van der Waals surface area contributed by atoms with Crippen molar-refractivity contribution in [3.63, 3.8) is 0 Å². The van der Waals surface area contributed by atoms with E-state index in [9.17, 15) is 29.4 Å². The SMILES string of the molecule is CCn1c(-c2cccnc2[C@H](C)OC)c2c3cc(ccc31)-c1cc(O)cc(c1)C[C@H](NC(=O)[C@H](C(C)C)N(C)C(=O)C1(O)CCNC1)C(=O)N1CCC[C@@](C(C)=O)(COCC(C)(C)C2)N1. The number of amides is 3. The zero-order valence-corrected chi connectivity index (χ0v) is 39.4. The Labute approximate surface area is 382 Å². The number of benzene rings is 2. The Morgan fingerprint density at radius 3 is 2.52 bits per heavy atom. The van der Waals surface area contributed by atoms with Crippen LogP contribution in [0.15, 0.2) is 54.7 Å². The summed E-state index contributed by atoms with van der Waals surface area (Å²) in [5, 5.41) is 31.0. The highest BCUT2D eigenvalue weighted by Gasteiger charge is 2.46. The normalized spacial score (nSPS) is 23.5. The van der Waals surface area contributed by atoms with E-state index in [2.05, 4.69) is 59.6 Å². The van der Waals surface area contributed by atoms with E-state index >= 15 is 0 Å². The second-order valence-corrected chi connectivity index (χ2v) is 19.5. The van der Waals surface area contributed by atoms with Gasteiger partial charge in [0.2, 0.25) is 5.91 Å². The molecule has 0 aliphatic carbocycles. The largest absolute Gasteiger partial charge is 0.508 e. The Balaban J connectivity index is 1.37. The second kappa shape index (κ2) is 19.0. The van der Waals surface area contributed by atoms with Gasteiger partial charge in [-0.15, -0.1) is 0 Å². The third-order valence-electron chi connectivity index (χ3n) is 13.6. The number of aliphatic hydroxyl groups is 1. The highest BCUT2D eigenvalue weighted by Crippen LogP contribution is 2.42. The third-order valence-corrected chi connectivity index (χ3v) is 13.6. The number of carbonyl (C=O) groups excluding carboxylic acids is 4. The topological polar surface area (TPSA) is 188 Å². The van der Waals surface area contributed by atoms with Gasteiger partial charge >= 0.3 is 0 Å². The van der Waals surface area contributed by atoms with Gasteiger partial charge in [0, 0.05) is 62.9 Å². The van der Waals surface area contributed by atoms with Gasteiger partial charge in [-0.2, -0.15) is 0 Å². The van der Waals surface area contributed by atoms with Crippen molar-refractivity contribution in [1.29, 1.82) is 0 Å². The Bertz CT molecular complexity index is 2440. The minimum Gasteiger partial charge on any atom is -0.508 e. The van der Waals surface area contributed by atoms with Gasteiger partial charge in [0.25, 0.3) is 11.8 Å². The van der Waals surface area contributed by atoms with Crippen LogP contribution in [-0.4, -0.2) is 123 Å². The molecule has 15 nitrogen and oxygen atoms in total. The molecule has 1 unspecified atom stereocenters. The number of hydrogen-bond acceptors (Lipinski definition) is 11. The number of aromatic hydroxyl groups is 1. The Morgan fingerprint density at radius 2 is 1.85 bits per heavy atom. The molecular weight excluding hydrogens is 827 g/mol. The van der Waals surface area contributed by atoms with Crippen LogP contribution in [0.5, 0.6) is 5.75 Å². The molecule has 3 aliphatic heterocycles. The minimum atomic E-state index is -1.66. The van der Waals surface area contributed by atoms with Gasteiger partial charge in [-0.05, 0) is 123 Å². The number of phenolic OH excluding ortho intramolecular Hbond substituents is 1. The molecule has 0 spiro atoms. The van der Waals surface area contributed by atoms with Crippen molar-refractivity contribution in [1.82, 2.24) is 35.5 Å². The summed E-state index contributed by atoms with van der Waals surface area (Å²) in [4.78, 5) is 62.9. The maximum absolute atomic E-state index is 14.9. The molecule has 350 valence electrons. The van der Waals surface area contributed by atoms with E-state index in [0.717, 1.165) is 39.0 Å². The van der Waals surface area contributed by atoms with E-state index in [1.54, 1.807) is 25.4 Å². The number of ketones is 1. The first-order valence-corrected chi connectivity index (χ1v) is 23.0. The molecule has 2 fully saturated rings. The molecule has 5 heterocycles. The lowest BCUT2D eigenvalue weighted by Crippen LogP contribution is -2.68. The molecule has 3 amide bonds. The third kappa shape index (κ3) is 9.57. The maximum atomic E-state index is 14.9. The summed E-state index contributed by atoms with van der Waals surface area (Å²) in [6, 6.07) is 13.3. The zero-order chi connectivity index (χ0) is 47.0. The van der Waals surface area contributed by atoms with Gasteiger partial charge < -0.3 is 39.8 Å². The van der Waals surface area contributed by atoms with Gasteiger partial charge in [-0.3, -0.25) is 29.2 Å². The number of hydrazine groups is 1. The Morgan fingerprint density at radius 1 is 1.08 bits per heavy atom. The quantitative estimate of drug-likeness (QED) is 0.143. The number of pyridine rings is 1. The summed E-state index contributed by atoms with van der Waals surface area (Å²) in [5.41, 5.74) is 7.05. The van der Waals surface area contributed by atoms with Crippen LogP contribution in [-0.2, 0) is 48.0 Å². The molecule has 15 heteroatoms. The van der Waals surface area contributed by atoms with E-state index < -0.39 is 46.4 Å². The molecule has 6 bridgehead atoms. The van der Waals surface area contributed by atoms with E-state index in [4.69, 9.17) is 14.5 Å². The van der Waals surface area contributed by atoms with Gasteiger partial charge in [-0.25, -0.2) is 5.43 Å². The highest BCUT2D eigenvalue weighted by molar-refractivity contribution is 5.96. The first-order valence-electron chi connectivity index (χ1n) is 23.0. The van der Waals surface area contributed by atoms with Crippen molar-refractivity contribution in [2.45, 2.75) is 116 Å². The maximum Gasteiger partial charge on any atom is 0.259 e. The van der Waals surface area contributed by atoms with Crippen molar-refractivity contribution in [2.75, 3.05) is 47.0 Å². The van der Waals surface area contributed by atoms with E-state index in [1.165, 1.54) is 23.9 Å². The Hall–Kier alpha value is -5.19. The number of aryl methyl sites for hydroxylation is 1. The van der Waals surface area contributed by atoms with Crippen molar-refractivity contribution in [3.05, 3.63) is 71.5 Å². The number of carbonyl (C=O) groups is 4. The summed E-state index contributed by atoms with van der Waals surface area (Å²) >= 11 is 0. The second-order valence-electron chi connectivity index (χ2n) is 19.5. The lowest BCUT2D eigenvalue weighted by atomic mass is 9.83. The number of nitrogens with one attached hydrogen (secondary N) is 3. The molecular formula is C50H67N7O8. The fourth-order valence-electron chi connectivity index (χ4n) is 10.1. The number of aromatic nitrogens is 2. The van der Waals surface area contributed by atoms with Crippen molar-refractivity contribution >= 4 is 34.4 Å². The van der Waals surface area contributed by atoms with Gasteiger partial charge in [-0.1, -0.05) is 39.8 Å². The average Bonchev–Trinajstić information content (AvgIpc) is 3.85. The predicted molar refractivity (Wildman–Crippen MR) is 249 cm³/mol. The highest BCUT2D eigenvalue weighted by atomic mass is 16.5. The van der Waals surface area contributed by atoms with Gasteiger partial charge in [0.05, 0.1) is 30.7 Å². The number of rotatable bonds is 10. The van der Waals surface area contributed by atoms with Crippen LogP contribution < -0.4 is 16.1 Å². The number of likely N-dealkylation sites (N-methyl/N-ethyl adjacent to an activating group) is 1. The Kier molecular flexibility index (Phi) is 13.9. The summed E-state index contributed by atoms with van der Waals surface area (Å²) in [6.45, 7) is 15.3. The van der Waals surface area contributed by atoms with E-state index in [1.807, 2.05) is 39.0 Å². The number of Topliss-reactive ketones (excluding diaryl/α,β-unsaturated/α-hetero) is 1. The molecule has 5 atom stereocenters. The molecule has 0 radical (unpaired) electrons. The van der Waals surface area contributed by atoms with Crippen molar-refractivity contribution in [2.24, 2.45) is 11.3 Å². The fourth-order valence-corrected chi connectivity index (χ4v) is 10.1.